The first-order chi connectivity index (χ1) is 16.8. The third-order valence-corrected chi connectivity index (χ3v) is 6.95. The Morgan fingerprint density at radius 2 is 1.26 bits per heavy atom. The van der Waals surface area contributed by atoms with Crippen molar-refractivity contribution >= 4 is 32.8 Å². The zero-order valence-electron chi connectivity index (χ0n) is 18.3. The molecular formula is C30H21NO3. The van der Waals surface area contributed by atoms with Gasteiger partial charge in [-0.25, -0.2) is 4.79 Å². The van der Waals surface area contributed by atoms with Gasteiger partial charge in [-0.05, 0) is 29.8 Å². The van der Waals surface area contributed by atoms with E-state index in [9.17, 15) is 4.79 Å². The summed E-state index contributed by atoms with van der Waals surface area (Å²) in [4.78, 5) is 13.2. The van der Waals surface area contributed by atoms with Crippen LogP contribution in [0.25, 0.3) is 32.8 Å². The Morgan fingerprint density at radius 3 is 1.97 bits per heavy atom. The molecule has 2 atom stereocenters. The fourth-order valence-electron chi connectivity index (χ4n) is 5.48. The van der Waals surface area contributed by atoms with Gasteiger partial charge in [-0.15, -0.1) is 0 Å². The lowest BCUT2D eigenvalue weighted by molar-refractivity contribution is 0.108. The Labute approximate surface area is 195 Å². The van der Waals surface area contributed by atoms with Crippen LogP contribution in [0.5, 0.6) is 5.75 Å². The Morgan fingerprint density at radius 1 is 0.676 bits per heavy atom. The number of para-hydroxylation sites is 3. The van der Waals surface area contributed by atoms with Crippen LogP contribution in [0.15, 0.2) is 112 Å². The highest BCUT2D eigenvalue weighted by Crippen LogP contribution is 2.47. The molecule has 34 heavy (non-hydrogen) atoms. The van der Waals surface area contributed by atoms with Crippen LogP contribution in [-0.2, 0) is 0 Å². The highest BCUT2D eigenvalue weighted by molar-refractivity contribution is 6.08. The van der Waals surface area contributed by atoms with Crippen LogP contribution in [0, 0.1) is 0 Å². The lowest BCUT2D eigenvalue weighted by Crippen LogP contribution is -2.28. The first-order valence-electron chi connectivity index (χ1n) is 11.5. The van der Waals surface area contributed by atoms with E-state index >= 15 is 0 Å². The number of hydrogen-bond donors (Lipinski definition) is 0. The molecule has 164 valence electrons. The fourth-order valence-corrected chi connectivity index (χ4v) is 5.48. The van der Waals surface area contributed by atoms with Crippen molar-refractivity contribution in [2.24, 2.45) is 0 Å². The molecule has 2 aromatic heterocycles. The maximum atomic E-state index is 13.2. The molecule has 4 aromatic carbocycles. The van der Waals surface area contributed by atoms with Crippen LogP contribution in [0.3, 0.4) is 0 Å². The summed E-state index contributed by atoms with van der Waals surface area (Å²) in [7, 11) is 0. The maximum Gasteiger partial charge on any atom is 0.343 e. The van der Waals surface area contributed by atoms with E-state index in [1.807, 2.05) is 42.5 Å². The summed E-state index contributed by atoms with van der Waals surface area (Å²) in [5.41, 5.74) is 4.14. The molecular weight excluding hydrogens is 422 g/mol. The van der Waals surface area contributed by atoms with Crippen LogP contribution in [0.1, 0.15) is 29.7 Å². The normalized spacial score (nSPS) is 17.6. The summed E-state index contributed by atoms with van der Waals surface area (Å²) in [6.07, 6.45) is 0.343. The van der Waals surface area contributed by atoms with Crippen LogP contribution < -0.4 is 10.4 Å². The fraction of sp³-hybridized carbons (Fsp3) is 0.100. The molecule has 0 amide bonds. The molecule has 0 bridgehead atoms. The minimum absolute atomic E-state index is 0.143. The van der Waals surface area contributed by atoms with Gasteiger partial charge in [0.1, 0.15) is 11.3 Å². The smallest absolute Gasteiger partial charge is 0.343 e. The molecule has 6 aromatic rings. The Hall–Kier alpha value is -4.31. The first kappa shape index (κ1) is 19.2. The van der Waals surface area contributed by atoms with E-state index in [4.69, 9.17) is 9.15 Å². The van der Waals surface area contributed by atoms with Gasteiger partial charge in [0.05, 0.1) is 22.0 Å². The van der Waals surface area contributed by atoms with Crippen LogP contribution in [0.4, 0.5) is 0 Å². The third-order valence-electron chi connectivity index (χ3n) is 6.95. The zero-order valence-corrected chi connectivity index (χ0v) is 18.3. The molecule has 0 N–H and O–H groups in total. The van der Waals surface area contributed by atoms with Gasteiger partial charge in [0.25, 0.3) is 0 Å². The van der Waals surface area contributed by atoms with Crippen LogP contribution in [0.2, 0.25) is 0 Å². The van der Waals surface area contributed by atoms with E-state index in [2.05, 4.69) is 65.2 Å². The van der Waals surface area contributed by atoms with Gasteiger partial charge >= 0.3 is 5.63 Å². The lowest BCUT2D eigenvalue weighted by atomic mass is 9.86. The molecule has 0 saturated carbocycles. The predicted octanol–water partition coefficient (Wildman–Crippen LogP) is 7.01. The summed E-state index contributed by atoms with van der Waals surface area (Å²) in [5.74, 6) is 0.481. The largest absolute Gasteiger partial charge is 0.469 e. The lowest BCUT2D eigenvalue weighted by Gasteiger charge is -2.33. The van der Waals surface area contributed by atoms with Crippen molar-refractivity contribution in [3.63, 3.8) is 0 Å². The number of nitrogens with zero attached hydrogens (tertiary/aromatic N) is 1. The molecule has 4 heteroatoms. The third kappa shape index (κ3) is 2.75. The average Bonchev–Trinajstić information content (AvgIpc) is 3.23. The molecule has 7 rings (SSSR count). The molecule has 3 heterocycles. The Balaban J connectivity index is 1.53. The van der Waals surface area contributed by atoms with Gasteiger partial charge in [0.15, 0.2) is 6.23 Å². The molecule has 0 aliphatic carbocycles. The molecule has 4 nitrogen and oxygen atoms in total. The van der Waals surface area contributed by atoms with E-state index < -0.39 is 0 Å². The number of aromatic nitrogens is 1. The maximum absolute atomic E-state index is 13.2. The highest BCUT2D eigenvalue weighted by atomic mass is 16.5. The second-order valence-electron chi connectivity index (χ2n) is 8.80. The van der Waals surface area contributed by atoms with Gasteiger partial charge < -0.3 is 13.7 Å². The van der Waals surface area contributed by atoms with Crippen molar-refractivity contribution in [3.8, 4) is 5.75 Å². The Bertz CT molecular complexity index is 1690. The molecule has 0 saturated heterocycles. The summed E-state index contributed by atoms with van der Waals surface area (Å²) in [5, 5.41) is 3.21. The number of rotatable bonds is 2. The second kappa shape index (κ2) is 7.35. The van der Waals surface area contributed by atoms with Crippen molar-refractivity contribution in [3.05, 3.63) is 125 Å². The summed E-state index contributed by atoms with van der Waals surface area (Å²) in [6, 6.07) is 34.7. The predicted molar refractivity (Wildman–Crippen MR) is 134 cm³/mol. The van der Waals surface area contributed by atoms with Crippen molar-refractivity contribution in [2.75, 3.05) is 0 Å². The van der Waals surface area contributed by atoms with Gasteiger partial charge in [-0.3, -0.25) is 0 Å². The topological polar surface area (TPSA) is 44.4 Å². The highest BCUT2D eigenvalue weighted by Gasteiger charge is 2.36. The van der Waals surface area contributed by atoms with Gasteiger partial charge in [0.2, 0.25) is 0 Å². The number of benzene rings is 4. The second-order valence-corrected chi connectivity index (χ2v) is 8.80. The number of fused-ring (bicyclic) bond motifs is 6. The Kier molecular flexibility index (Phi) is 4.15. The monoisotopic (exact) mass is 443 g/mol. The first-order valence-corrected chi connectivity index (χ1v) is 11.5. The molecule has 0 spiro atoms. The summed E-state index contributed by atoms with van der Waals surface area (Å²) < 4.78 is 14.8. The molecule has 0 fully saturated rings. The van der Waals surface area contributed by atoms with E-state index in [1.54, 1.807) is 0 Å². The minimum Gasteiger partial charge on any atom is -0.469 e. The van der Waals surface area contributed by atoms with E-state index in [-0.39, 0.29) is 17.8 Å². The van der Waals surface area contributed by atoms with Crippen LogP contribution >= 0.6 is 0 Å². The van der Waals surface area contributed by atoms with E-state index in [1.165, 1.54) is 10.8 Å². The number of ether oxygens (including phenoxy) is 1. The molecule has 0 unspecified atom stereocenters. The van der Waals surface area contributed by atoms with Gasteiger partial charge in [0, 0.05) is 23.1 Å². The number of hydrogen-bond acceptors (Lipinski definition) is 3. The van der Waals surface area contributed by atoms with Gasteiger partial charge in [-0.2, -0.15) is 0 Å². The average molecular weight is 444 g/mol. The standard InChI is InChI=1S/C30H21NO3/c32-30-28-23(19-10-2-1-3-11-19)18-27(34-29(28)22-14-6-9-17-26(22)33-30)31-24-15-7-4-12-20(24)21-13-5-8-16-25(21)31/h1-17,23,27H,18H2/t23-,27-/m1/s1. The quantitative estimate of drug-likeness (QED) is 0.270. The zero-order chi connectivity index (χ0) is 22.6. The molecule has 1 aliphatic heterocycles. The van der Waals surface area contributed by atoms with Gasteiger partial charge in [-0.1, -0.05) is 78.9 Å². The van der Waals surface area contributed by atoms with Crippen molar-refractivity contribution in [1.29, 1.82) is 0 Å². The van der Waals surface area contributed by atoms with E-state index in [0.29, 0.717) is 23.3 Å². The van der Waals surface area contributed by atoms with Crippen molar-refractivity contribution in [1.82, 2.24) is 4.57 Å². The SMILES string of the molecule is O=c1oc2ccccc2c2c1[C@@H](c1ccccc1)C[C@H](n1c3ccccc3c3ccccc31)O2. The molecule has 0 radical (unpaired) electrons. The van der Waals surface area contributed by atoms with Crippen LogP contribution in [-0.4, -0.2) is 4.57 Å². The van der Waals surface area contributed by atoms with Crippen molar-refractivity contribution < 1.29 is 9.15 Å². The minimum atomic E-state index is -0.330. The molecule has 1 aliphatic rings. The summed E-state index contributed by atoms with van der Waals surface area (Å²) >= 11 is 0. The van der Waals surface area contributed by atoms with E-state index in [0.717, 1.165) is 22.0 Å². The van der Waals surface area contributed by atoms with Crippen molar-refractivity contribution in [2.45, 2.75) is 18.6 Å². The summed E-state index contributed by atoms with van der Waals surface area (Å²) in [6.45, 7) is 0.